The van der Waals surface area contributed by atoms with Gasteiger partial charge in [-0.1, -0.05) is 18.2 Å². The molecule has 0 radical (unpaired) electrons. The standard InChI is InChI=1S/C12H11NO/c1-3-9(7-10-8-14-10)11-4-2-6-13-12(11)5-1/h1-6,10H,7-8H2. The highest BCUT2D eigenvalue weighted by atomic mass is 16.6. The van der Waals surface area contributed by atoms with Crippen LogP contribution in [0.5, 0.6) is 0 Å². The van der Waals surface area contributed by atoms with Gasteiger partial charge in [0.1, 0.15) is 0 Å². The number of ether oxygens (including phenoxy) is 1. The second-order valence-corrected chi connectivity index (χ2v) is 3.65. The zero-order valence-corrected chi connectivity index (χ0v) is 7.81. The molecule has 2 nitrogen and oxygen atoms in total. The predicted molar refractivity (Wildman–Crippen MR) is 55.2 cm³/mol. The summed E-state index contributed by atoms with van der Waals surface area (Å²) >= 11 is 0. The summed E-state index contributed by atoms with van der Waals surface area (Å²) in [5, 5.41) is 1.26. The molecule has 3 rings (SSSR count). The Labute approximate surface area is 82.5 Å². The third-order valence-corrected chi connectivity index (χ3v) is 2.59. The monoisotopic (exact) mass is 185 g/mol. The molecule has 0 N–H and O–H groups in total. The van der Waals surface area contributed by atoms with Crippen LogP contribution in [-0.4, -0.2) is 17.7 Å². The lowest BCUT2D eigenvalue weighted by molar-refractivity contribution is 0.408. The van der Waals surface area contributed by atoms with Gasteiger partial charge in [0.25, 0.3) is 0 Å². The van der Waals surface area contributed by atoms with Gasteiger partial charge in [0.15, 0.2) is 0 Å². The van der Waals surface area contributed by atoms with Crippen molar-refractivity contribution in [1.82, 2.24) is 4.98 Å². The third kappa shape index (κ3) is 1.38. The van der Waals surface area contributed by atoms with Crippen molar-refractivity contribution in [3.8, 4) is 0 Å². The summed E-state index contributed by atoms with van der Waals surface area (Å²) in [6.45, 7) is 0.913. The zero-order valence-electron chi connectivity index (χ0n) is 7.81. The van der Waals surface area contributed by atoms with E-state index in [2.05, 4.69) is 23.2 Å². The van der Waals surface area contributed by atoms with Crippen LogP contribution in [0, 0.1) is 0 Å². The first-order valence-electron chi connectivity index (χ1n) is 4.88. The lowest BCUT2D eigenvalue weighted by Gasteiger charge is -2.03. The smallest absolute Gasteiger partial charge is 0.0850 e. The van der Waals surface area contributed by atoms with Crippen LogP contribution in [0.3, 0.4) is 0 Å². The van der Waals surface area contributed by atoms with Crippen LogP contribution in [0.2, 0.25) is 0 Å². The Morgan fingerprint density at radius 1 is 1.29 bits per heavy atom. The van der Waals surface area contributed by atoms with E-state index in [1.807, 2.05) is 18.3 Å². The molecular formula is C12H11NO. The van der Waals surface area contributed by atoms with Crippen molar-refractivity contribution in [2.45, 2.75) is 12.5 Å². The van der Waals surface area contributed by atoms with Crippen LogP contribution in [0.1, 0.15) is 5.56 Å². The summed E-state index contributed by atoms with van der Waals surface area (Å²) in [7, 11) is 0. The van der Waals surface area contributed by atoms with Crippen molar-refractivity contribution < 1.29 is 4.74 Å². The molecule has 0 aliphatic carbocycles. The maximum absolute atomic E-state index is 5.24. The van der Waals surface area contributed by atoms with E-state index in [0.717, 1.165) is 18.5 Å². The number of aromatic nitrogens is 1. The van der Waals surface area contributed by atoms with Crippen molar-refractivity contribution in [2.24, 2.45) is 0 Å². The molecule has 2 aromatic rings. The van der Waals surface area contributed by atoms with Crippen molar-refractivity contribution in [1.29, 1.82) is 0 Å². The summed E-state index contributed by atoms with van der Waals surface area (Å²) in [5.74, 6) is 0. The molecule has 1 unspecified atom stereocenters. The van der Waals surface area contributed by atoms with E-state index in [-0.39, 0.29) is 0 Å². The second-order valence-electron chi connectivity index (χ2n) is 3.65. The SMILES string of the molecule is c1cc(CC2CO2)c2cccnc2c1. The van der Waals surface area contributed by atoms with Crippen LogP contribution >= 0.6 is 0 Å². The normalized spacial score (nSPS) is 19.9. The average molecular weight is 185 g/mol. The van der Waals surface area contributed by atoms with Crippen LogP contribution < -0.4 is 0 Å². The predicted octanol–water partition coefficient (Wildman–Crippen LogP) is 2.18. The Hall–Kier alpha value is -1.41. The zero-order chi connectivity index (χ0) is 9.38. The van der Waals surface area contributed by atoms with Crippen molar-refractivity contribution >= 4 is 10.9 Å². The van der Waals surface area contributed by atoms with Gasteiger partial charge in [-0.15, -0.1) is 0 Å². The number of hydrogen-bond acceptors (Lipinski definition) is 2. The summed E-state index contributed by atoms with van der Waals surface area (Å²) in [6, 6.07) is 10.4. The summed E-state index contributed by atoms with van der Waals surface area (Å²) in [4.78, 5) is 4.33. The van der Waals surface area contributed by atoms with E-state index in [1.54, 1.807) is 0 Å². The summed E-state index contributed by atoms with van der Waals surface area (Å²) < 4.78 is 5.24. The van der Waals surface area contributed by atoms with Crippen LogP contribution in [0.15, 0.2) is 36.5 Å². The molecule has 14 heavy (non-hydrogen) atoms. The van der Waals surface area contributed by atoms with E-state index in [4.69, 9.17) is 4.74 Å². The van der Waals surface area contributed by atoms with Gasteiger partial charge in [-0.2, -0.15) is 0 Å². The number of benzene rings is 1. The van der Waals surface area contributed by atoms with Gasteiger partial charge in [-0.25, -0.2) is 0 Å². The molecule has 1 aromatic carbocycles. The highest BCUT2D eigenvalue weighted by molar-refractivity contribution is 5.81. The molecule has 1 aromatic heterocycles. The number of rotatable bonds is 2. The maximum Gasteiger partial charge on any atom is 0.0850 e. The molecule has 2 heterocycles. The number of epoxide rings is 1. The molecule has 0 saturated carbocycles. The first-order chi connectivity index (χ1) is 6.93. The molecule has 1 saturated heterocycles. The highest BCUT2D eigenvalue weighted by Gasteiger charge is 2.23. The minimum Gasteiger partial charge on any atom is -0.373 e. The molecule has 70 valence electrons. The Morgan fingerprint density at radius 3 is 3.07 bits per heavy atom. The molecule has 0 bridgehead atoms. The van der Waals surface area contributed by atoms with E-state index >= 15 is 0 Å². The fraction of sp³-hybridized carbons (Fsp3) is 0.250. The minimum atomic E-state index is 0.445. The summed E-state index contributed by atoms with van der Waals surface area (Å²) in [6.07, 6.45) is 3.30. The lowest BCUT2D eigenvalue weighted by atomic mass is 10.0. The van der Waals surface area contributed by atoms with Gasteiger partial charge in [0, 0.05) is 18.0 Å². The number of nitrogens with zero attached hydrogens (tertiary/aromatic N) is 1. The average Bonchev–Trinajstić information content (AvgIpc) is 3.03. The van der Waals surface area contributed by atoms with Gasteiger partial charge in [-0.05, 0) is 17.7 Å². The van der Waals surface area contributed by atoms with Crippen molar-refractivity contribution in [3.63, 3.8) is 0 Å². The maximum atomic E-state index is 5.24. The van der Waals surface area contributed by atoms with Crippen LogP contribution in [0.25, 0.3) is 10.9 Å². The number of hydrogen-bond donors (Lipinski definition) is 0. The minimum absolute atomic E-state index is 0.445. The van der Waals surface area contributed by atoms with E-state index < -0.39 is 0 Å². The van der Waals surface area contributed by atoms with Gasteiger partial charge >= 0.3 is 0 Å². The van der Waals surface area contributed by atoms with Crippen molar-refractivity contribution in [2.75, 3.05) is 6.61 Å². The quantitative estimate of drug-likeness (QED) is 0.670. The lowest BCUT2D eigenvalue weighted by Crippen LogP contribution is -1.94. The van der Waals surface area contributed by atoms with E-state index in [1.165, 1.54) is 10.9 Å². The Morgan fingerprint density at radius 2 is 2.21 bits per heavy atom. The third-order valence-electron chi connectivity index (χ3n) is 2.59. The Balaban J connectivity index is 2.11. The molecule has 0 amide bonds. The number of pyridine rings is 1. The molecule has 1 aliphatic heterocycles. The van der Waals surface area contributed by atoms with E-state index in [0.29, 0.717) is 6.10 Å². The fourth-order valence-corrected chi connectivity index (χ4v) is 1.78. The second kappa shape index (κ2) is 3.07. The molecule has 0 spiro atoms. The summed E-state index contributed by atoms with van der Waals surface area (Å²) in [5.41, 5.74) is 2.42. The van der Waals surface area contributed by atoms with Gasteiger partial charge in [0.2, 0.25) is 0 Å². The highest BCUT2D eigenvalue weighted by Crippen LogP contribution is 2.22. The molecule has 2 heteroatoms. The van der Waals surface area contributed by atoms with Crippen LogP contribution in [0.4, 0.5) is 0 Å². The first kappa shape index (κ1) is 7.94. The largest absolute Gasteiger partial charge is 0.373 e. The van der Waals surface area contributed by atoms with Crippen LogP contribution in [-0.2, 0) is 11.2 Å². The topological polar surface area (TPSA) is 25.4 Å². The molecular weight excluding hydrogens is 174 g/mol. The Bertz CT molecular complexity index is 457. The fourth-order valence-electron chi connectivity index (χ4n) is 1.78. The molecule has 1 aliphatic rings. The molecule has 1 atom stereocenters. The first-order valence-corrected chi connectivity index (χ1v) is 4.88. The van der Waals surface area contributed by atoms with E-state index in [9.17, 15) is 0 Å². The number of fused-ring (bicyclic) bond motifs is 1. The van der Waals surface area contributed by atoms with Crippen molar-refractivity contribution in [3.05, 3.63) is 42.1 Å². The molecule has 1 fully saturated rings. The van der Waals surface area contributed by atoms with Gasteiger partial charge in [0.05, 0.1) is 18.2 Å². The van der Waals surface area contributed by atoms with Gasteiger partial charge < -0.3 is 4.74 Å². The Kier molecular flexibility index (Phi) is 1.74. The van der Waals surface area contributed by atoms with Gasteiger partial charge in [-0.3, -0.25) is 4.98 Å².